The fraction of sp³-hybridized carbons (Fsp3) is 0.780. The molecule has 0 aromatic rings. The van der Waals surface area contributed by atoms with Gasteiger partial charge in [-0.05, 0) is 50.4 Å². The Balaban J connectivity index is 0. The number of esters is 3. The van der Waals surface area contributed by atoms with Crippen molar-refractivity contribution < 1.29 is 43.5 Å². The number of carbonyl (C=O) groups is 3. The van der Waals surface area contributed by atoms with Crippen LogP contribution in [0.5, 0.6) is 0 Å². The SMILES string of the molecule is CCCCCC(C)C(O)C/C=C/CC(=O)OC.CCCCCC(O)C(C)C/C=C/CC(=O)OC.CCCCCC1OC1C/C=C/CC(=O)OC. The molecule has 1 fully saturated rings. The second kappa shape index (κ2) is 34.9. The molecule has 0 aromatic carbocycles. The van der Waals surface area contributed by atoms with E-state index in [2.05, 4.69) is 41.9 Å². The summed E-state index contributed by atoms with van der Waals surface area (Å²) in [5.41, 5.74) is 0. The fourth-order valence-electron chi connectivity index (χ4n) is 4.99. The molecule has 0 aromatic heterocycles. The van der Waals surface area contributed by atoms with E-state index in [0.29, 0.717) is 37.4 Å². The Morgan fingerprint density at radius 3 is 1.54 bits per heavy atom. The summed E-state index contributed by atoms with van der Waals surface area (Å²) < 4.78 is 19.1. The second-order valence-electron chi connectivity index (χ2n) is 13.3. The van der Waals surface area contributed by atoms with Gasteiger partial charge in [0.1, 0.15) is 0 Å². The smallest absolute Gasteiger partial charge is 0.309 e. The van der Waals surface area contributed by atoms with Crippen molar-refractivity contribution in [3.8, 4) is 0 Å². The zero-order valence-corrected chi connectivity index (χ0v) is 32.9. The van der Waals surface area contributed by atoms with E-state index >= 15 is 0 Å². The van der Waals surface area contributed by atoms with Crippen molar-refractivity contribution in [3.05, 3.63) is 36.5 Å². The van der Waals surface area contributed by atoms with Gasteiger partial charge in [0.2, 0.25) is 0 Å². The summed E-state index contributed by atoms with van der Waals surface area (Å²) in [5.74, 6) is -0.0818. The van der Waals surface area contributed by atoms with Crippen molar-refractivity contribution in [2.75, 3.05) is 21.3 Å². The molecule has 1 saturated heterocycles. The Kier molecular flexibility index (Phi) is 34.7. The topological polar surface area (TPSA) is 132 Å². The predicted octanol–water partition coefficient (Wildman–Crippen LogP) is 8.99. The zero-order chi connectivity index (χ0) is 38.0. The van der Waals surface area contributed by atoms with Crippen molar-refractivity contribution in [2.24, 2.45) is 11.8 Å². The zero-order valence-electron chi connectivity index (χ0n) is 32.9. The minimum Gasteiger partial charge on any atom is -0.469 e. The average Bonchev–Trinajstić information content (AvgIpc) is 3.88. The molecule has 0 saturated carbocycles. The highest BCUT2D eigenvalue weighted by molar-refractivity contribution is 5.71. The highest BCUT2D eigenvalue weighted by Crippen LogP contribution is 2.30. The summed E-state index contributed by atoms with van der Waals surface area (Å²) in [4.78, 5) is 32.5. The maximum atomic E-state index is 10.8. The number of aliphatic hydroxyl groups excluding tert-OH is 2. The van der Waals surface area contributed by atoms with Gasteiger partial charge >= 0.3 is 17.9 Å². The summed E-state index contributed by atoms with van der Waals surface area (Å²) in [7, 11) is 4.17. The van der Waals surface area contributed by atoms with E-state index in [0.717, 1.165) is 32.1 Å². The van der Waals surface area contributed by atoms with Crippen LogP contribution in [0.15, 0.2) is 36.5 Å². The van der Waals surface area contributed by atoms with Crippen LogP contribution in [-0.4, -0.2) is 73.9 Å². The molecule has 50 heavy (non-hydrogen) atoms. The lowest BCUT2D eigenvalue weighted by Gasteiger charge is -2.16. The summed E-state index contributed by atoms with van der Waals surface area (Å²) in [6.07, 6.45) is 28.9. The van der Waals surface area contributed by atoms with Gasteiger partial charge < -0.3 is 29.2 Å². The van der Waals surface area contributed by atoms with Crippen LogP contribution in [0.3, 0.4) is 0 Å². The molecule has 6 atom stereocenters. The standard InChI is InChI=1S/2C14H26O3.C13H22O3/c1-4-5-6-10-13(15)12(2)9-7-8-11-14(16)17-3;1-4-5-6-9-12(2)13(15)10-7-8-11-14(16)17-3;1-3-4-5-8-11-12(16-11)9-6-7-10-13(14)15-2/h2*7-8,12-13,15H,4-6,9-11H2,1-3H3;6-7,11-12H,3-5,8-10H2,1-2H3/b2*8-7+;7-6+. The maximum Gasteiger partial charge on any atom is 0.309 e. The van der Waals surface area contributed by atoms with E-state index in [1.54, 1.807) is 12.2 Å². The first kappa shape index (κ1) is 49.6. The van der Waals surface area contributed by atoms with Crippen LogP contribution in [0.4, 0.5) is 0 Å². The Labute approximate surface area is 305 Å². The molecule has 1 aliphatic heterocycles. The molecular weight excluding hydrogens is 636 g/mol. The van der Waals surface area contributed by atoms with Crippen molar-refractivity contribution in [1.29, 1.82) is 0 Å². The monoisotopic (exact) mass is 711 g/mol. The van der Waals surface area contributed by atoms with Gasteiger partial charge in [-0.3, -0.25) is 14.4 Å². The lowest BCUT2D eigenvalue weighted by atomic mass is 9.95. The third-order valence-corrected chi connectivity index (χ3v) is 8.75. The third kappa shape index (κ3) is 31.5. The van der Waals surface area contributed by atoms with Crippen LogP contribution < -0.4 is 0 Å². The number of aliphatic hydroxyl groups is 2. The van der Waals surface area contributed by atoms with Gasteiger partial charge in [0.05, 0.1) is 65.0 Å². The van der Waals surface area contributed by atoms with Crippen LogP contribution in [0.2, 0.25) is 0 Å². The summed E-state index contributed by atoms with van der Waals surface area (Å²) in [6.45, 7) is 10.7. The highest BCUT2D eigenvalue weighted by atomic mass is 16.6. The fourth-order valence-corrected chi connectivity index (χ4v) is 4.99. The van der Waals surface area contributed by atoms with Crippen molar-refractivity contribution in [2.45, 2.75) is 175 Å². The van der Waals surface area contributed by atoms with Gasteiger partial charge in [0, 0.05) is 0 Å². The Bertz CT molecular complexity index is 866. The summed E-state index contributed by atoms with van der Waals surface area (Å²) in [6, 6.07) is 0. The van der Waals surface area contributed by atoms with Crippen molar-refractivity contribution >= 4 is 17.9 Å². The number of ether oxygens (including phenoxy) is 4. The van der Waals surface area contributed by atoms with Gasteiger partial charge in [-0.2, -0.15) is 0 Å². The third-order valence-electron chi connectivity index (χ3n) is 8.75. The van der Waals surface area contributed by atoms with Gasteiger partial charge in [0.25, 0.3) is 0 Å². The lowest BCUT2D eigenvalue weighted by molar-refractivity contribution is -0.140. The minimum absolute atomic E-state index is 0.188. The number of allylic oxidation sites excluding steroid dienone is 1. The quantitative estimate of drug-likeness (QED) is 0.0297. The molecule has 292 valence electrons. The van der Waals surface area contributed by atoms with E-state index in [1.807, 2.05) is 31.2 Å². The Hall–Kier alpha value is -2.49. The predicted molar refractivity (Wildman–Crippen MR) is 203 cm³/mol. The molecule has 0 radical (unpaired) electrons. The van der Waals surface area contributed by atoms with E-state index in [-0.39, 0.29) is 42.5 Å². The highest BCUT2D eigenvalue weighted by Gasteiger charge is 2.36. The Morgan fingerprint density at radius 2 is 1.04 bits per heavy atom. The van der Waals surface area contributed by atoms with Crippen LogP contribution >= 0.6 is 0 Å². The molecule has 6 unspecified atom stereocenters. The number of carbonyl (C=O) groups excluding carboxylic acids is 3. The molecule has 1 heterocycles. The van der Waals surface area contributed by atoms with Crippen LogP contribution in [0, 0.1) is 11.8 Å². The van der Waals surface area contributed by atoms with Crippen LogP contribution in [-0.2, 0) is 33.3 Å². The first-order valence-corrected chi connectivity index (χ1v) is 19.2. The van der Waals surface area contributed by atoms with E-state index in [1.165, 1.54) is 79.1 Å². The Morgan fingerprint density at radius 1 is 0.580 bits per heavy atom. The molecule has 2 N–H and O–H groups in total. The maximum absolute atomic E-state index is 10.8. The molecular formula is C41H74O9. The first-order valence-electron chi connectivity index (χ1n) is 19.2. The van der Waals surface area contributed by atoms with Gasteiger partial charge in [-0.25, -0.2) is 0 Å². The van der Waals surface area contributed by atoms with E-state index in [4.69, 9.17) is 4.74 Å². The molecule has 1 rings (SSSR count). The van der Waals surface area contributed by atoms with Crippen molar-refractivity contribution in [3.63, 3.8) is 0 Å². The van der Waals surface area contributed by atoms with E-state index in [9.17, 15) is 24.6 Å². The average molecular weight is 711 g/mol. The second-order valence-corrected chi connectivity index (χ2v) is 13.3. The summed E-state index contributed by atoms with van der Waals surface area (Å²) in [5, 5.41) is 19.7. The van der Waals surface area contributed by atoms with E-state index < -0.39 is 0 Å². The summed E-state index contributed by atoms with van der Waals surface area (Å²) >= 11 is 0. The lowest BCUT2D eigenvalue weighted by Crippen LogP contribution is -2.16. The number of hydrogen-bond acceptors (Lipinski definition) is 9. The van der Waals surface area contributed by atoms with Gasteiger partial charge in [-0.1, -0.05) is 129 Å². The number of unbranched alkanes of at least 4 members (excludes halogenated alkanes) is 6. The van der Waals surface area contributed by atoms with Crippen LogP contribution in [0.1, 0.15) is 150 Å². The molecule has 0 spiro atoms. The van der Waals surface area contributed by atoms with Crippen molar-refractivity contribution in [1.82, 2.24) is 0 Å². The molecule has 1 aliphatic rings. The normalized spacial score (nSPS) is 17.6. The van der Waals surface area contributed by atoms with Gasteiger partial charge in [0.15, 0.2) is 0 Å². The van der Waals surface area contributed by atoms with Crippen LogP contribution in [0.25, 0.3) is 0 Å². The molecule has 9 nitrogen and oxygen atoms in total. The molecule has 0 bridgehead atoms. The first-order chi connectivity index (χ1) is 24.0. The molecule has 0 amide bonds. The number of hydrogen-bond donors (Lipinski definition) is 2. The minimum atomic E-state index is -0.305. The largest absolute Gasteiger partial charge is 0.469 e. The number of epoxide rings is 1. The molecule has 9 heteroatoms. The van der Waals surface area contributed by atoms with Gasteiger partial charge in [-0.15, -0.1) is 0 Å². The number of methoxy groups -OCH3 is 3. The number of rotatable bonds is 26. The molecule has 0 aliphatic carbocycles.